The Morgan fingerprint density at radius 2 is 1.91 bits per heavy atom. The van der Waals surface area contributed by atoms with E-state index in [2.05, 4.69) is 4.74 Å². The third-order valence-electron chi connectivity index (χ3n) is 3.52. The minimum Gasteiger partial charge on any atom is -0.618 e. The number of esters is 1. The number of methoxy groups -OCH3 is 1. The highest BCUT2D eigenvalue weighted by Crippen LogP contribution is 2.31. The fourth-order valence-corrected chi connectivity index (χ4v) is 4.08. The van der Waals surface area contributed by atoms with Crippen molar-refractivity contribution in [1.29, 1.82) is 0 Å². The van der Waals surface area contributed by atoms with Gasteiger partial charge in [0.05, 0.1) is 7.11 Å². The van der Waals surface area contributed by atoms with Crippen LogP contribution in [-0.4, -0.2) is 21.5 Å². The van der Waals surface area contributed by atoms with Crippen LogP contribution in [0, 0.1) is 19.1 Å². The van der Waals surface area contributed by atoms with E-state index < -0.39 is 26.1 Å². The van der Waals surface area contributed by atoms with Crippen molar-refractivity contribution < 1.29 is 22.7 Å². The molecule has 122 valence electrons. The van der Waals surface area contributed by atoms with E-state index in [1.807, 2.05) is 6.07 Å². The fraction of sp³-hybridized carbons (Fsp3) is 0.250. The third kappa shape index (κ3) is 3.19. The van der Waals surface area contributed by atoms with Crippen LogP contribution in [0.15, 0.2) is 47.6 Å². The molecule has 2 rings (SSSR count). The molecule has 1 unspecified atom stereocenters. The van der Waals surface area contributed by atoms with Gasteiger partial charge < -0.3 is 9.94 Å². The molecule has 1 aromatic carbocycles. The molecule has 0 spiro atoms. The number of aryl methyl sites for hydroxylation is 2. The predicted octanol–water partition coefficient (Wildman–Crippen LogP) is 1.62. The summed E-state index contributed by atoms with van der Waals surface area (Å²) in [5.41, 5.74) is 1.74. The van der Waals surface area contributed by atoms with Gasteiger partial charge in [-0.3, -0.25) is 4.79 Å². The second-order valence-corrected chi connectivity index (χ2v) is 7.15. The smallest absolute Gasteiger partial charge is 0.329 e. The van der Waals surface area contributed by atoms with Crippen molar-refractivity contribution in [3.8, 4) is 0 Å². The number of pyridine rings is 1. The quantitative estimate of drug-likeness (QED) is 0.481. The van der Waals surface area contributed by atoms with Crippen LogP contribution in [0.3, 0.4) is 0 Å². The second kappa shape index (κ2) is 6.37. The lowest BCUT2D eigenvalue weighted by Crippen LogP contribution is -2.37. The third-order valence-corrected chi connectivity index (χ3v) is 5.49. The first-order chi connectivity index (χ1) is 10.8. The molecule has 1 heterocycles. The standard InChI is InChI=1S/C16H17NO5S/c1-11-7-8-12(2)13(10-11)15(16(18)22-3)23(20,21)14-6-4-5-9-17(14)19/h4-10,15H,1-3H3. The summed E-state index contributed by atoms with van der Waals surface area (Å²) in [4.78, 5) is 12.2. The van der Waals surface area contributed by atoms with E-state index in [1.165, 1.54) is 18.2 Å². The Morgan fingerprint density at radius 1 is 1.22 bits per heavy atom. The summed E-state index contributed by atoms with van der Waals surface area (Å²) < 4.78 is 30.7. The zero-order chi connectivity index (χ0) is 17.2. The lowest BCUT2D eigenvalue weighted by atomic mass is 10.0. The number of aromatic nitrogens is 1. The van der Waals surface area contributed by atoms with Crippen LogP contribution >= 0.6 is 0 Å². The molecule has 1 aromatic heterocycles. The van der Waals surface area contributed by atoms with Crippen LogP contribution < -0.4 is 4.73 Å². The number of sulfone groups is 1. The molecule has 0 N–H and O–H groups in total. The van der Waals surface area contributed by atoms with Crippen LogP contribution in [0.5, 0.6) is 0 Å². The summed E-state index contributed by atoms with van der Waals surface area (Å²) in [7, 11) is -3.14. The van der Waals surface area contributed by atoms with E-state index in [-0.39, 0.29) is 4.73 Å². The average Bonchev–Trinajstić information content (AvgIpc) is 2.50. The molecule has 0 amide bonds. The minimum atomic E-state index is -4.26. The summed E-state index contributed by atoms with van der Waals surface area (Å²) in [5, 5.41) is 9.77. The Balaban J connectivity index is 2.72. The maximum Gasteiger partial charge on any atom is 0.329 e. The van der Waals surface area contributed by atoms with E-state index in [0.717, 1.165) is 18.9 Å². The van der Waals surface area contributed by atoms with Crippen molar-refractivity contribution in [3.63, 3.8) is 0 Å². The van der Waals surface area contributed by atoms with E-state index in [4.69, 9.17) is 0 Å². The Labute approximate surface area is 134 Å². The SMILES string of the molecule is COC(=O)C(c1cc(C)ccc1C)S(=O)(=O)c1cccc[n+]1[O-]. The van der Waals surface area contributed by atoms with Gasteiger partial charge in [0.25, 0.3) is 9.84 Å². The van der Waals surface area contributed by atoms with Crippen molar-refractivity contribution in [2.75, 3.05) is 7.11 Å². The number of benzene rings is 1. The fourth-order valence-electron chi connectivity index (χ4n) is 2.32. The van der Waals surface area contributed by atoms with Gasteiger partial charge in [-0.2, -0.15) is 4.73 Å². The Bertz CT molecular complexity index is 845. The highest BCUT2D eigenvalue weighted by atomic mass is 32.2. The van der Waals surface area contributed by atoms with Crippen molar-refractivity contribution in [1.82, 2.24) is 0 Å². The molecule has 0 aliphatic rings. The summed E-state index contributed by atoms with van der Waals surface area (Å²) in [6.07, 6.45) is 1.07. The van der Waals surface area contributed by atoms with Gasteiger partial charge in [-0.05, 0) is 31.0 Å². The average molecular weight is 335 g/mol. The van der Waals surface area contributed by atoms with Gasteiger partial charge in [-0.25, -0.2) is 8.42 Å². The number of hydrogen-bond acceptors (Lipinski definition) is 5. The molecule has 0 aliphatic heterocycles. The van der Waals surface area contributed by atoms with Crippen molar-refractivity contribution >= 4 is 15.8 Å². The van der Waals surface area contributed by atoms with Crippen LogP contribution in [0.25, 0.3) is 0 Å². The van der Waals surface area contributed by atoms with Crippen LogP contribution in [0.2, 0.25) is 0 Å². The summed E-state index contributed by atoms with van der Waals surface area (Å²) >= 11 is 0. The molecule has 2 aromatic rings. The van der Waals surface area contributed by atoms with E-state index >= 15 is 0 Å². The van der Waals surface area contributed by atoms with Gasteiger partial charge in [-0.15, -0.1) is 0 Å². The molecule has 0 fully saturated rings. The van der Waals surface area contributed by atoms with Crippen LogP contribution in [0.1, 0.15) is 21.9 Å². The first kappa shape index (κ1) is 17.0. The summed E-state index contributed by atoms with van der Waals surface area (Å²) in [6.45, 7) is 3.50. The molecule has 7 heteroatoms. The molecule has 1 atom stereocenters. The van der Waals surface area contributed by atoms with Gasteiger partial charge >= 0.3 is 11.0 Å². The maximum absolute atomic E-state index is 12.9. The monoisotopic (exact) mass is 335 g/mol. The van der Waals surface area contributed by atoms with Gasteiger partial charge in [-0.1, -0.05) is 23.8 Å². The molecular formula is C16H17NO5S. The number of carbonyl (C=O) groups excluding carboxylic acids is 1. The number of rotatable bonds is 4. The Morgan fingerprint density at radius 3 is 2.52 bits per heavy atom. The molecule has 6 nitrogen and oxygen atoms in total. The number of nitrogens with zero attached hydrogens (tertiary/aromatic N) is 1. The predicted molar refractivity (Wildman–Crippen MR) is 83.3 cm³/mol. The van der Waals surface area contributed by atoms with Gasteiger partial charge in [0.1, 0.15) is 0 Å². The van der Waals surface area contributed by atoms with Crippen LogP contribution in [0.4, 0.5) is 0 Å². The van der Waals surface area contributed by atoms with E-state index in [9.17, 15) is 18.4 Å². The Hall–Kier alpha value is -2.41. The molecule has 0 bridgehead atoms. The topological polar surface area (TPSA) is 87.4 Å². The first-order valence-electron chi connectivity index (χ1n) is 6.86. The van der Waals surface area contributed by atoms with Crippen molar-refractivity contribution in [2.45, 2.75) is 24.1 Å². The van der Waals surface area contributed by atoms with Gasteiger partial charge in [0, 0.05) is 12.1 Å². The largest absolute Gasteiger partial charge is 0.618 e. The number of carbonyl (C=O) groups is 1. The van der Waals surface area contributed by atoms with Gasteiger partial charge in [0.2, 0.25) is 0 Å². The van der Waals surface area contributed by atoms with Gasteiger partial charge in [0.15, 0.2) is 11.4 Å². The molecular weight excluding hydrogens is 318 g/mol. The highest BCUT2D eigenvalue weighted by molar-refractivity contribution is 7.92. The van der Waals surface area contributed by atoms with E-state index in [0.29, 0.717) is 11.1 Å². The van der Waals surface area contributed by atoms with Crippen molar-refractivity contribution in [3.05, 3.63) is 64.5 Å². The maximum atomic E-state index is 12.9. The first-order valence-corrected chi connectivity index (χ1v) is 8.40. The molecule has 23 heavy (non-hydrogen) atoms. The normalized spacial score (nSPS) is 12.7. The lowest BCUT2D eigenvalue weighted by molar-refractivity contribution is -0.646. The lowest BCUT2D eigenvalue weighted by Gasteiger charge is -2.17. The molecule has 0 saturated carbocycles. The molecule has 0 radical (unpaired) electrons. The van der Waals surface area contributed by atoms with E-state index in [1.54, 1.807) is 26.0 Å². The zero-order valence-electron chi connectivity index (χ0n) is 13.0. The minimum absolute atomic E-state index is 0.233. The summed E-state index contributed by atoms with van der Waals surface area (Å²) in [5.74, 6) is -0.928. The number of hydrogen-bond donors (Lipinski definition) is 0. The second-order valence-electron chi connectivity index (χ2n) is 5.17. The Kier molecular flexibility index (Phi) is 4.70. The number of ether oxygens (including phenoxy) is 1. The highest BCUT2D eigenvalue weighted by Gasteiger charge is 2.42. The summed E-state index contributed by atoms with van der Waals surface area (Å²) in [6, 6.07) is 9.17. The molecule has 0 saturated heterocycles. The van der Waals surface area contributed by atoms with Crippen molar-refractivity contribution in [2.24, 2.45) is 0 Å². The zero-order valence-corrected chi connectivity index (χ0v) is 13.8. The molecule has 0 aliphatic carbocycles. The van der Waals surface area contributed by atoms with Crippen LogP contribution in [-0.2, 0) is 19.4 Å².